The van der Waals surface area contributed by atoms with Crippen molar-refractivity contribution >= 4 is 5.91 Å². The minimum atomic E-state index is -1.29. The van der Waals surface area contributed by atoms with E-state index in [0.29, 0.717) is 30.9 Å². The first kappa shape index (κ1) is 23.4. The molecule has 186 valence electrons. The summed E-state index contributed by atoms with van der Waals surface area (Å²) >= 11 is 0. The lowest BCUT2D eigenvalue weighted by Gasteiger charge is -2.59. The third-order valence-corrected chi connectivity index (χ3v) is 8.49. The fourth-order valence-electron chi connectivity index (χ4n) is 6.33. The minimum Gasteiger partial charge on any atom is -0.508 e. The Hall–Kier alpha value is -2.33. The molecule has 0 aromatic heterocycles. The molecule has 9 heteroatoms. The van der Waals surface area contributed by atoms with Gasteiger partial charge in [0.15, 0.2) is 17.6 Å². The molecular weight excluding hydrogens is 440 g/mol. The van der Waals surface area contributed by atoms with Crippen LogP contribution in [0.4, 0.5) is 0 Å². The van der Waals surface area contributed by atoms with Gasteiger partial charge in [-0.15, -0.1) is 0 Å². The predicted molar refractivity (Wildman–Crippen MR) is 123 cm³/mol. The summed E-state index contributed by atoms with van der Waals surface area (Å²) in [6, 6.07) is 2.40. The van der Waals surface area contributed by atoms with Crippen molar-refractivity contribution in [2.75, 3.05) is 26.3 Å². The lowest BCUT2D eigenvalue weighted by Crippen LogP contribution is -2.73. The SMILES string of the molecule is C/C(C(=O)NC(CO)CO)=C(/O)[C@@H]1Oc2c(O)ccc3c2[C@@]12CCN(CC1CC1)[C@H](C3)[C@@]2(C)O. The zero-order chi connectivity index (χ0) is 24.4. The highest BCUT2D eigenvalue weighted by molar-refractivity contribution is 5.93. The molecule has 1 saturated carbocycles. The van der Waals surface area contributed by atoms with Gasteiger partial charge in [0.1, 0.15) is 5.76 Å². The number of amides is 1. The average molecular weight is 475 g/mol. The second kappa shape index (κ2) is 8.12. The molecule has 0 radical (unpaired) electrons. The van der Waals surface area contributed by atoms with Gasteiger partial charge >= 0.3 is 0 Å². The van der Waals surface area contributed by atoms with E-state index in [1.54, 1.807) is 13.0 Å². The molecule has 1 aromatic carbocycles. The minimum absolute atomic E-state index is 0.0292. The second-order valence-electron chi connectivity index (χ2n) is 10.5. The molecule has 1 amide bonds. The molecule has 1 spiro atoms. The Labute approximate surface area is 198 Å². The number of hydrogen-bond acceptors (Lipinski definition) is 8. The van der Waals surface area contributed by atoms with Crippen molar-refractivity contribution in [3.8, 4) is 11.5 Å². The number of carbonyl (C=O) groups excluding carboxylic acids is 1. The molecule has 6 N–H and O–H groups in total. The van der Waals surface area contributed by atoms with Crippen molar-refractivity contribution in [3.05, 3.63) is 34.6 Å². The van der Waals surface area contributed by atoms with Gasteiger partial charge in [-0.05, 0) is 63.6 Å². The number of nitrogens with one attached hydrogen (secondary N) is 1. The van der Waals surface area contributed by atoms with E-state index in [-0.39, 0.29) is 28.9 Å². The van der Waals surface area contributed by atoms with Gasteiger partial charge in [-0.25, -0.2) is 0 Å². The van der Waals surface area contributed by atoms with Crippen LogP contribution in [-0.4, -0.2) is 86.4 Å². The van der Waals surface area contributed by atoms with Crippen molar-refractivity contribution in [3.63, 3.8) is 0 Å². The summed E-state index contributed by atoms with van der Waals surface area (Å²) in [7, 11) is 0. The number of nitrogens with zero attached hydrogens (tertiary/aromatic N) is 1. The maximum Gasteiger partial charge on any atom is 0.250 e. The van der Waals surface area contributed by atoms with Crippen LogP contribution in [0, 0.1) is 5.92 Å². The number of carbonyl (C=O) groups is 1. The topological polar surface area (TPSA) is 143 Å². The van der Waals surface area contributed by atoms with E-state index < -0.39 is 42.3 Å². The van der Waals surface area contributed by atoms with E-state index in [1.807, 2.05) is 6.07 Å². The van der Waals surface area contributed by atoms with Gasteiger partial charge in [0.2, 0.25) is 0 Å². The monoisotopic (exact) mass is 474 g/mol. The predicted octanol–water partition coefficient (Wildman–Crippen LogP) is 0.484. The maximum atomic E-state index is 12.8. The quantitative estimate of drug-likeness (QED) is 0.248. The number of phenols is 1. The highest BCUT2D eigenvalue weighted by atomic mass is 16.5. The normalized spacial score (nSPS) is 32.8. The Bertz CT molecular complexity index is 1030. The summed E-state index contributed by atoms with van der Waals surface area (Å²) in [5.41, 5.74) is -0.673. The molecule has 1 aromatic rings. The number of phenolic OH excluding ortho intramolecular Hbond substituents is 1. The summed E-state index contributed by atoms with van der Waals surface area (Å²) < 4.78 is 6.18. The number of hydrogen-bond donors (Lipinski definition) is 6. The molecule has 9 nitrogen and oxygen atoms in total. The van der Waals surface area contributed by atoms with Crippen LogP contribution in [0.5, 0.6) is 11.5 Å². The zero-order valence-corrected chi connectivity index (χ0v) is 19.6. The van der Waals surface area contributed by atoms with E-state index in [2.05, 4.69) is 10.2 Å². The van der Waals surface area contributed by atoms with Crippen LogP contribution in [0.15, 0.2) is 23.5 Å². The molecule has 34 heavy (non-hydrogen) atoms. The van der Waals surface area contributed by atoms with Gasteiger partial charge < -0.3 is 35.6 Å². The molecule has 2 bridgehead atoms. The van der Waals surface area contributed by atoms with Crippen LogP contribution in [0.25, 0.3) is 0 Å². The van der Waals surface area contributed by atoms with Crippen molar-refractivity contribution < 1.29 is 35.1 Å². The highest BCUT2D eigenvalue weighted by Gasteiger charge is 2.69. The van der Waals surface area contributed by atoms with Gasteiger partial charge in [0.05, 0.1) is 35.8 Å². The summed E-state index contributed by atoms with van der Waals surface area (Å²) in [4.78, 5) is 15.1. The van der Waals surface area contributed by atoms with Gasteiger partial charge in [0.25, 0.3) is 5.91 Å². The number of piperidine rings is 1. The molecule has 4 aliphatic rings. The fourth-order valence-corrected chi connectivity index (χ4v) is 6.33. The summed E-state index contributed by atoms with van der Waals surface area (Å²) in [5, 5.41) is 55.2. The number of fused-ring (bicyclic) bond motifs is 1. The Morgan fingerprint density at radius 1 is 1.29 bits per heavy atom. The van der Waals surface area contributed by atoms with Crippen molar-refractivity contribution in [1.29, 1.82) is 0 Å². The molecule has 2 aliphatic carbocycles. The third-order valence-electron chi connectivity index (χ3n) is 8.49. The van der Waals surface area contributed by atoms with Gasteiger partial charge in [0, 0.05) is 18.2 Å². The van der Waals surface area contributed by atoms with Crippen molar-refractivity contribution in [1.82, 2.24) is 10.2 Å². The van der Waals surface area contributed by atoms with Crippen molar-refractivity contribution in [2.24, 2.45) is 5.92 Å². The first-order chi connectivity index (χ1) is 16.2. The Kier molecular flexibility index (Phi) is 5.59. The fraction of sp³-hybridized carbons (Fsp3) is 0.640. The van der Waals surface area contributed by atoms with Crippen LogP contribution in [0.1, 0.15) is 44.2 Å². The Balaban J connectivity index is 1.59. The summed E-state index contributed by atoms with van der Waals surface area (Å²) in [6.45, 7) is 3.96. The zero-order valence-electron chi connectivity index (χ0n) is 19.6. The van der Waals surface area contributed by atoms with Crippen LogP contribution in [-0.2, 0) is 16.6 Å². The standard InChI is InChI=1S/C25H34N2O7/c1-13(23(32)26-16(11-28)12-29)20(31)22-25-7-8-27(10-14-3-4-14)18(24(25,2)33)9-15-5-6-17(30)21(34-22)19(15)25/h5-6,14,16,18,22,28-31,33H,3-4,7-12H2,1-2H3,(H,26,32)/b20-13-/t18-,22+,24-,25+/m1/s1. The molecule has 2 aliphatic heterocycles. The lowest BCUT2D eigenvalue weighted by atomic mass is 9.53. The summed E-state index contributed by atoms with van der Waals surface area (Å²) in [5.74, 6) is -0.136. The Morgan fingerprint density at radius 3 is 2.65 bits per heavy atom. The smallest absolute Gasteiger partial charge is 0.250 e. The number of rotatable bonds is 7. The molecule has 0 unspecified atom stereocenters. The third kappa shape index (κ3) is 3.25. The van der Waals surface area contributed by atoms with Gasteiger partial charge in [-0.2, -0.15) is 0 Å². The van der Waals surface area contributed by atoms with Crippen LogP contribution >= 0.6 is 0 Å². The van der Waals surface area contributed by atoms with E-state index in [1.165, 1.54) is 19.8 Å². The number of aliphatic hydroxyl groups is 4. The molecule has 5 rings (SSSR count). The van der Waals surface area contributed by atoms with E-state index in [0.717, 1.165) is 12.1 Å². The second-order valence-corrected chi connectivity index (χ2v) is 10.5. The van der Waals surface area contributed by atoms with Crippen molar-refractivity contribution in [2.45, 2.75) is 68.7 Å². The summed E-state index contributed by atoms with van der Waals surface area (Å²) in [6.07, 6.45) is 2.45. The van der Waals surface area contributed by atoms with Crippen LogP contribution < -0.4 is 10.1 Å². The van der Waals surface area contributed by atoms with Crippen LogP contribution in [0.3, 0.4) is 0 Å². The molecule has 2 fully saturated rings. The molecule has 1 saturated heterocycles. The number of ether oxygens (including phenoxy) is 1. The maximum absolute atomic E-state index is 12.8. The van der Waals surface area contributed by atoms with Crippen LogP contribution in [0.2, 0.25) is 0 Å². The average Bonchev–Trinajstić information content (AvgIpc) is 3.55. The largest absolute Gasteiger partial charge is 0.508 e. The Morgan fingerprint density at radius 2 is 2.00 bits per heavy atom. The van der Waals surface area contributed by atoms with Gasteiger partial charge in [-0.1, -0.05) is 6.07 Å². The number of aromatic hydroxyl groups is 1. The van der Waals surface area contributed by atoms with E-state index >= 15 is 0 Å². The lowest BCUT2D eigenvalue weighted by molar-refractivity contribution is -0.153. The van der Waals surface area contributed by atoms with E-state index in [9.17, 15) is 30.3 Å². The molecule has 2 heterocycles. The number of aliphatic hydroxyl groups excluding tert-OH is 3. The number of benzene rings is 1. The first-order valence-electron chi connectivity index (χ1n) is 12.1. The number of likely N-dealkylation sites (tertiary alicyclic amines) is 1. The van der Waals surface area contributed by atoms with Gasteiger partial charge in [-0.3, -0.25) is 9.69 Å². The molecule has 4 atom stereocenters. The highest BCUT2D eigenvalue weighted by Crippen LogP contribution is 2.63. The molecular formula is C25H34N2O7. The van der Waals surface area contributed by atoms with E-state index in [4.69, 9.17) is 4.74 Å². The first-order valence-corrected chi connectivity index (χ1v) is 12.1.